The molecule has 0 saturated heterocycles. The van der Waals surface area contributed by atoms with Gasteiger partial charge in [0.15, 0.2) is 0 Å². The van der Waals surface area contributed by atoms with Gasteiger partial charge in [0.05, 0.1) is 22.9 Å². The van der Waals surface area contributed by atoms with Crippen molar-refractivity contribution >= 4 is 23.1 Å². The van der Waals surface area contributed by atoms with Crippen molar-refractivity contribution in [1.82, 2.24) is 4.98 Å². The zero-order valence-corrected chi connectivity index (χ0v) is 19.0. The summed E-state index contributed by atoms with van der Waals surface area (Å²) in [7, 11) is 0. The van der Waals surface area contributed by atoms with Crippen molar-refractivity contribution in [3.63, 3.8) is 0 Å². The summed E-state index contributed by atoms with van der Waals surface area (Å²) in [5.41, 5.74) is 0.849. The minimum Gasteiger partial charge on any atom is -0.340 e. The average molecular weight is 476 g/mol. The first kappa shape index (κ1) is 24.0. The Morgan fingerprint density at radius 3 is 1.89 bits per heavy atom. The maximum Gasteiger partial charge on any atom is 0.416 e. The van der Waals surface area contributed by atoms with Crippen LogP contribution in [0.2, 0.25) is 0 Å². The summed E-state index contributed by atoms with van der Waals surface area (Å²) in [4.78, 5) is 18.0. The molecule has 3 aromatic carbocycles. The molecule has 0 saturated carbocycles. The van der Waals surface area contributed by atoms with Crippen LogP contribution >= 0.6 is 0 Å². The molecule has 0 aliphatic heterocycles. The number of pyridine rings is 1. The fraction of sp³-hybridized carbons (Fsp3) is 0.143. The number of anilines is 3. The van der Waals surface area contributed by atoms with Gasteiger partial charge in [0.25, 0.3) is 0 Å². The number of alkyl halides is 3. The van der Waals surface area contributed by atoms with Gasteiger partial charge in [-0.2, -0.15) is 13.2 Å². The summed E-state index contributed by atoms with van der Waals surface area (Å²) in [5, 5.41) is 5.84. The molecule has 0 aliphatic carbocycles. The molecule has 178 valence electrons. The lowest BCUT2D eigenvalue weighted by Gasteiger charge is -2.32. The zero-order chi connectivity index (χ0) is 24.9. The van der Waals surface area contributed by atoms with Crippen LogP contribution in [-0.2, 0) is 16.4 Å². The molecule has 0 atom stereocenters. The predicted octanol–water partition coefficient (Wildman–Crippen LogP) is 7.18. The van der Waals surface area contributed by atoms with Crippen LogP contribution < -0.4 is 10.6 Å². The molecule has 1 heterocycles. The van der Waals surface area contributed by atoms with Crippen molar-refractivity contribution in [2.24, 2.45) is 0 Å². The Morgan fingerprint density at radius 1 is 0.771 bits per heavy atom. The van der Waals surface area contributed by atoms with Gasteiger partial charge in [-0.1, -0.05) is 73.7 Å². The molecule has 0 aliphatic rings. The molecule has 2 N–H and O–H groups in total. The Morgan fingerprint density at radius 2 is 1.37 bits per heavy atom. The first-order valence-electron chi connectivity index (χ1n) is 11.2. The molecular weight excluding hydrogens is 451 g/mol. The molecule has 1 aromatic heterocycles. The van der Waals surface area contributed by atoms with Crippen LogP contribution in [-0.4, -0.2) is 10.9 Å². The highest BCUT2D eigenvalue weighted by Gasteiger charge is 2.40. The Labute approximate surface area is 201 Å². The molecule has 0 fully saturated rings. The smallest absolute Gasteiger partial charge is 0.340 e. The van der Waals surface area contributed by atoms with E-state index in [0.29, 0.717) is 17.9 Å². The molecule has 4 nitrogen and oxygen atoms in total. The van der Waals surface area contributed by atoms with E-state index < -0.39 is 17.2 Å². The van der Waals surface area contributed by atoms with E-state index in [0.717, 1.165) is 23.3 Å². The maximum atomic E-state index is 13.7. The third-order valence-electron chi connectivity index (χ3n) is 5.93. The second-order valence-electron chi connectivity index (χ2n) is 8.08. The Balaban J connectivity index is 1.57. The number of aromatic nitrogens is 1. The van der Waals surface area contributed by atoms with Crippen LogP contribution in [0.15, 0.2) is 103 Å². The van der Waals surface area contributed by atoms with Gasteiger partial charge in [-0.25, -0.2) is 4.98 Å². The second kappa shape index (κ2) is 10.0. The SMILES string of the molecule is CCC(C(=O)Nc1ccc(Nc2cccc(C(F)(F)F)c2)nc1)(c1ccccc1)c1ccccc1. The van der Waals surface area contributed by atoms with E-state index in [2.05, 4.69) is 15.6 Å². The third-order valence-corrected chi connectivity index (χ3v) is 5.93. The van der Waals surface area contributed by atoms with E-state index in [1.54, 1.807) is 12.1 Å². The highest BCUT2D eigenvalue weighted by molar-refractivity contribution is 6.01. The normalized spacial score (nSPS) is 11.7. The van der Waals surface area contributed by atoms with E-state index >= 15 is 0 Å². The Kier molecular flexibility index (Phi) is 6.87. The topological polar surface area (TPSA) is 54.0 Å². The molecule has 4 rings (SSSR count). The Bertz CT molecular complexity index is 1230. The summed E-state index contributed by atoms with van der Waals surface area (Å²) in [5.74, 6) is 0.160. The molecule has 7 heteroatoms. The first-order chi connectivity index (χ1) is 16.8. The van der Waals surface area contributed by atoms with Crippen molar-refractivity contribution < 1.29 is 18.0 Å². The monoisotopic (exact) mass is 475 g/mol. The van der Waals surface area contributed by atoms with Crippen molar-refractivity contribution in [2.45, 2.75) is 24.9 Å². The highest BCUT2D eigenvalue weighted by atomic mass is 19.4. The van der Waals surface area contributed by atoms with Crippen molar-refractivity contribution in [2.75, 3.05) is 10.6 Å². The number of nitrogens with one attached hydrogen (secondary N) is 2. The number of hydrogen-bond acceptors (Lipinski definition) is 3. The largest absolute Gasteiger partial charge is 0.416 e. The average Bonchev–Trinajstić information content (AvgIpc) is 2.87. The minimum absolute atomic E-state index is 0.196. The van der Waals surface area contributed by atoms with Crippen LogP contribution in [0.3, 0.4) is 0 Å². The third kappa shape index (κ3) is 5.19. The number of halogens is 3. The highest BCUT2D eigenvalue weighted by Crippen LogP contribution is 2.37. The van der Waals surface area contributed by atoms with Gasteiger partial charge in [-0.15, -0.1) is 0 Å². The zero-order valence-electron chi connectivity index (χ0n) is 19.0. The predicted molar refractivity (Wildman–Crippen MR) is 132 cm³/mol. The van der Waals surface area contributed by atoms with E-state index in [1.165, 1.54) is 18.3 Å². The maximum absolute atomic E-state index is 13.7. The molecular formula is C28H24F3N3O. The quantitative estimate of drug-likeness (QED) is 0.298. The molecule has 35 heavy (non-hydrogen) atoms. The lowest BCUT2D eigenvalue weighted by atomic mass is 9.71. The summed E-state index contributed by atoms with van der Waals surface area (Å²) in [6.45, 7) is 1.97. The van der Waals surface area contributed by atoms with Gasteiger partial charge in [-0.05, 0) is 47.9 Å². The number of amides is 1. The molecule has 1 amide bonds. The second-order valence-corrected chi connectivity index (χ2v) is 8.08. The fourth-order valence-corrected chi connectivity index (χ4v) is 4.14. The van der Waals surface area contributed by atoms with Gasteiger partial charge in [0.2, 0.25) is 5.91 Å². The van der Waals surface area contributed by atoms with Crippen LogP contribution in [0.25, 0.3) is 0 Å². The molecule has 0 spiro atoms. The lowest BCUT2D eigenvalue weighted by molar-refractivity contribution is -0.137. The molecule has 0 radical (unpaired) electrons. The van der Waals surface area contributed by atoms with Crippen molar-refractivity contribution in [3.8, 4) is 0 Å². The number of hydrogen-bond donors (Lipinski definition) is 2. The first-order valence-corrected chi connectivity index (χ1v) is 11.2. The van der Waals surface area contributed by atoms with E-state index in [-0.39, 0.29) is 11.6 Å². The van der Waals surface area contributed by atoms with E-state index in [9.17, 15) is 18.0 Å². The fourth-order valence-electron chi connectivity index (χ4n) is 4.14. The molecule has 4 aromatic rings. The number of rotatable bonds is 7. The molecule has 0 unspecified atom stereocenters. The van der Waals surface area contributed by atoms with Gasteiger partial charge in [-0.3, -0.25) is 4.79 Å². The Hall–Kier alpha value is -4.13. The van der Waals surface area contributed by atoms with E-state index in [4.69, 9.17) is 0 Å². The summed E-state index contributed by atoms with van der Waals surface area (Å²) < 4.78 is 38.9. The van der Waals surface area contributed by atoms with Gasteiger partial charge >= 0.3 is 6.18 Å². The van der Waals surface area contributed by atoms with Crippen molar-refractivity contribution in [1.29, 1.82) is 0 Å². The number of nitrogens with zero attached hydrogens (tertiary/aromatic N) is 1. The number of benzene rings is 3. The lowest BCUT2D eigenvalue weighted by Crippen LogP contribution is -2.41. The number of carbonyl (C=O) groups is 1. The minimum atomic E-state index is -4.43. The van der Waals surface area contributed by atoms with Crippen LogP contribution in [0, 0.1) is 0 Å². The summed E-state index contributed by atoms with van der Waals surface area (Å²) in [6.07, 6.45) is -2.41. The van der Waals surface area contributed by atoms with E-state index in [1.807, 2.05) is 67.6 Å². The molecule has 0 bridgehead atoms. The van der Waals surface area contributed by atoms with Crippen LogP contribution in [0.1, 0.15) is 30.0 Å². The van der Waals surface area contributed by atoms with Crippen LogP contribution in [0.5, 0.6) is 0 Å². The summed E-state index contributed by atoms with van der Waals surface area (Å²) in [6, 6.07) is 27.4. The number of carbonyl (C=O) groups excluding carboxylic acids is 1. The van der Waals surface area contributed by atoms with Gasteiger partial charge < -0.3 is 10.6 Å². The van der Waals surface area contributed by atoms with Crippen LogP contribution in [0.4, 0.5) is 30.4 Å². The van der Waals surface area contributed by atoms with Crippen molar-refractivity contribution in [3.05, 3.63) is 120 Å². The standard InChI is InChI=1S/C28H24F3N3O/c1-2-27(20-10-5-3-6-11-20,21-12-7-4-8-13-21)26(35)34-24-16-17-25(32-19-24)33-23-15-9-14-22(18-23)28(29,30)31/h3-19H,2H2,1H3,(H,32,33)(H,34,35). The summed E-state index contributed by atoms with van der Waals surface area (Å²) >= 11 is 0. The van der Waals surface area contributed by atoms with Gasteiger partial charge in [0.1, 0.15) is 5.82 Å². The van der Waals surface area contributed by atoms with Gasteiger partial charge in [0, 0.05) is 5.69 Å².